The number of nitrogens with zero attached hydrogens (tertiary/aromatic N) is 1. The fourth-order valence-corrected chi connectivity index (χ4v) is 2.39. The largest absolute Gasteiger partial charge is 0.343 e. The molecule has 1 rings (SSSR count). The van der Waals surface area contributed by atoms with Crippen molar-refractivity contribution in [1.82, 2.24) is 4.90 Å². The molecule has 0 atom stereocenters. The van der Waals surface area contributed by atoms with Crippen LogP contribution in [-0.4, -0.2) is 29.2 Å². The van der Waals surface area contributed by atoms with Gasteiger partial charge >= 0.3 is 0 Å². The molecule has 0 aromatic carbocycles. The Bertz CT molecular complexity index is 186. The molecule has 82 valence electrons. The molecule has 3 heteroatoms. The van der Waals surface area contributed by atoms with Gasteiger partial charge in [0.2, 0.25) is 5.91 Å². The lowest BCUT2D eigenvalue weighted by atomic mass is 9.87. The van der Waals surface area contributed by atoms with Crippen molar-refractivity contribution in [2.24, 2.45) is 11.8 Å². The van der Waals surface area contributed by atoms with Crippen LogP contribution in [0.25, 0.3) is 0 Å². The van der Waals surface area contributed by atoms with E-state index in [4.69, 9.17) is 0 Å². The van der Waals surface area contributed by atoms with Crippen LogP contribution >= 0.6 is 15.9 Å². The lowest BCUT2D eigenvalue weighted by molar-refractivity contribution is -0.132. The molecule has 0 spiro atoms. The van der Waals surface area contributed by atoms with Gasteiger partial charge in [0.15, 0.2) is 0 Å². The second-order valence-corrected chi connectivity index (χ2v) is 5.19. The molecule has 0 aromatic rings. The summed E-state index contributed by atoms with van der Waals surface area (Å²) in [4.78, 5) is 13.6. The fraction of sp³-hybridized carbons (Fsp3) is 0.909. The number of amides is 1. The normalized spacial score (nSPS) is 19.0. The van der Waals surface area contributed by atoms with E-state index < -0.39 is 0 Å². The highest BCUT2D eigenvalue weighted by molar-refractivity contribution is 9.09. The predicted molar refractivity (Wildman–Crippen MR) is 62.6 cm³/mol. The van der Waals surface area contributed by atoms with E-state index in [1.807, 2.05) is 4.90 Å². The van der Waals surface area contributed by atoms with Crippen molar-refractivity contribution in [3.63, 3.8) is 0 Å². The van der Waals surface area contributed by atoms with Gasteiger partial charge in [-0.1, -0.05) is 29.8 Å². The number of hydrogen-bond donors (Lipinski definition) is 0. The van der Waals surface area contributed by atoms with E-state index in [-0.39, 0.29) is 0 Å². The molecule has 0 aliphatic carbocycles. The topological polar surface area (TPSA) is 20.3 Å². The summed E-state index contributed by atoms with van der Waals surface area (Å²) < 4.78 is 0. The van der Waals surface area contributed by atoms with Crippen LogP contribution in [0, 0.1) is 11.8 Å². The van der Waals surface area contributed by atoms with Crippen LogP contribution in [0.15, 0.2) is 0 Å². The first-order chi connectivity index (χ1) is 6.65. The van der Waals surface area contributed by atoms with E-state index in [0.717, 1.165) is 30.3 Å². The summed E-state index contributed by atoms with van der Waals surface area (Å²) >= 11 is 3.30. The van der Waals surface area contributed by atoms with E-state index >= 15 is 0 Å². The molecule has 1 aliphatic heterocycles. The van der Waals surface area contributed by atoms with Gasteiger partial charge in [0.1, 0.15) is 0 Å². The van der Waals surface area contributed by atoms with Crippen molar-refractivity contribution in [3.8, 4) is 0 Å². The van der Waals surface area contributed by atoms with Crippen LogP contribution < -0.4 is 0 Å². The van der Waals surface area contributed by atoms with Gasteiger partial charge in [0.25, 0.3) is 0 Å². The minimum absolute atomic E-state index is 0.309. The zero-order valence-corrected chi connectivity index (χ0v) is 10.7. The van der Waals surface area contributed by atoms with Crippen LogP contribution in [0.3, 0.4) is 0 Å². The SMILES string of the molecule is CC(C)C1CCN(C(=O)CCBr)CC1. The van der Waals surface area contributed by atoms with Crippen molar-refractivity contribution in [2.45, 2.75) is 33.1 Å². The molecular weight excluding hydrogens is 242 g/mol. The first-order valence-corrected chi connectivity index (χ1v) is 6.61. The number of carbonyl (C=O) groups excluding carboxylic acids is 1. The summed E-state index contributed by atoms with van der Waals surface area (Å²) in [5, 5.41) is 0.788. The monoisotopic (exact) mass is 261 g/mol. The first kappa shape index (κ1) is 12.0. The van der Waals surface area contributed by atoms with Crippen molar-refractivity contribution >= 4 is 21.8 Å². The van der Waals surface area contributed by atoms with E-state index in [9.17, 15) is 4.79 Å². The number of likely N-dealkylation sites (tertiary alicyclic amines) is 1. The Balaban J connectivity index is 2.31. The van der Waals surface area contributed by atoms with Gasteiger partial charge in [-0.15, -0.1) is 0 Å². The molecule has 14 heavy (non-hydrogen) atoms. The molecule has 1 aliphatic rings. The minimum Gasteiger partial charge on any atom is -0.343 e. The lowest BCUT2D eigenvalue weighted by Gasteiger charge is -2.33. The molecular formula is C11H20BrNO. The Morgan fingerprint density at radius 3 is 2.43 bits per heavy atom. The molecule has 1 amide bonds. The Kier molecular flexibility index (Phi) is 4.93. The highest BCUT2D eigenvalue weighted by Crippen LogP contribution is 2.24. The van der Waals surface area contributed by atoms with Gasteiger partial charge in [-0.05, 0) is 24.7 Å². The van der Waals surface area contributed by atoms with Gasteiger partial charge in [0.05, 0.1) is 0 Å². The smallest absolute Gasteiger partial charge is 0.223 e. The van der Waals surface area contributed by atoms with Gasteiger partial charge in [-0.2, -0.15) is 0 Å². The average Bonchev–Trinajstić information content (AvgIpc) is 2.18. The fourth-order valence-electron chi connectivity index (χ4n) is 2.05. The summed E-state index contributed by atoms with van der Waals surface area (Å²) in [5.41, 5.74) is 0. The maximum absolute atomic E-state index is 11.6. The number of halogens is 1. The molecule has 0 bridgehead atoms. The average molecular weight is 262 g/mol. The maximum Gasteiger partial charge on any atom is 0.223 e. The first-order valence-electron chi connectivity index (χ1n) is 5.49. The van der Waals surface area contributed by atoms with Gasteiger partial charge in [-0.25, -0.2) is 0 Å². The Morgan fingerprint density at radius 2 is 2.00 bits per heavy atom. The minimum atomic E-state index is 0.309. The van der Waals surface area contributed by atoms with Crippen molar-refractivity contribution in [1.29, 1.82) is 0 Å². The second-order valence-electron chi connectivity index (χ2n) is 4.40. The quantitative estimate of drug-likeness (QED) is 0.716. The summed E-state index contributed by atoms with van der Waals surface area (Å²) in [6.45, 7) is 6.49. The molecule has 1 fully saturated rings. The molecule has 1 heterocycles. The molecule has 0 radical (unpaired) electrons. The number of carbonyl (C=O) groups is 1. The third kappa shape index (κ3) is 3.26. The van der Waals surface area contributed by atoms with Gasteiger partial charge < -0.3 is 4.90 Å². The molecule has 0 N–H and O–H groups in total. The number of rotatable bonds is 3. The van der Waals surface area contributed by atoms with Crippen LogP contribution in [0.5, 0.6) is 0 Å². The third-order valence-corrected chi connectivity index (χ3v) is 3.54. The zero-order chi connectivity index (χ0) is 10.6. The van der Waals surface area contributed by atoms with Crippen LogP contribution in [0.4, 0.5) is 0 Å². The Morgan fingerprint density at radius 1 is 1.43 bits per heavy atom. The standard InChI is InChI=1S/C11H20BrNO/c1-9(2)10-4-7-13(8-5-10)11(14)3-6-12/h9-10H,3-8H2,1-2H3. The molecule has 0 saturated carbocycles. The van der Waals surface area contributed by atoms with Crippen LogP contribution in [-0.2, 0) is 4.79 Å². The van der Waals surface area contributed by atoms with E-state index in [2.05, 4.69) is 29.8 Å². The zero-order valence-electron chi connectivity index (χ0n) is 9.13. The van der Waals surface area contributed by atoms with E-state index in [0.29, 0.717) is 12.3 Å². The Hall–Kier alpha value is -0.0500. The summed E-state index contributed by atoms with van der Waals surface area (Å²) in [5.74, 6) is 1.90. The summed E-state index contributed by atoms with van der Waals surface area (Å²) in [6.07, 6.45) is 3.02. The predicted octanol–water partition coefficient (Wildman–Crippen LogP) is 2.67. The van der Waals surface area contributed by atoms with Crippen molar-refractivity contribution in [3.05, 3.63) is 0 Å². The highest BCUT2D eigenvalue weighted by atomic mass is 79.9. The van der Waals surface area contributed by atoms with Gasteiger partial charge in [-0.3, -0.25) is 4.79 Å². The summed E-state index contributed by atoms with van der Waals surface area (Å²) in [7, 11) is 0. The molecule has 0 aromatic heterocycles. The van der Waals surface area contributed by atoms with Crippen molar-refractivity contribution < 1.29 is 4.79 Å². The van der Waals surface area contributed by atoms with Crippen molar-refractivity contribution in [2.75, 3.05) is 18.4 Å². The molecule has 2 nitrogen and oxygen atoms in total. The van der Waals surface area contributed by atoms with E-state index in [1.54, 1.807) is 0 Å². The number of piperidine rings is 1. The third-order valence-electron chi connectivity index (χ3n) is 3.14. The molecule has 1 saturated heterocycles. The maximum atomic E-state index is 11.6. The highest BCUT2D eigenvalue weighted by Gasteiger charge is 2.23. The Labute approximate surface area is 95.2 Å². The van der Waals surface area contributed by atoms with Crippen LogP contribution in [0.2, 0.25) is 0 Å². The molecule has 0 unspecified atom stereocenters. The lowest BCUT2D eigenvalue weighted by Crippen LogP contribution is -2.39. The number of hydrogen-bond acceptors (Lipinski definition) is 1. The second kappa shape index (κ2) is 5.74. The van der Waals surface area contributed by atoms with Crippen LogP contribution in [0.1, 0.15) is 33.1 Å². The van der Waals surface area contributed by atoms with E-state index in [1.165, 1.54) is 12.8 Å². The number of alkyl halides is 1. The summed E-state index contributed by atoms with van der Waals surface area (Å²) in [6, 6.07) is 0. The van der Waals surface area contributed by atoms with Gasteiger partial charge in [0, 0.05) is 24.8 Å².